The number of ether oxygens (including phenoxy) is 1. The highest BCUT2D eigenvalue weighted by Crippen LogP contribution is 2.25. The van der Waals surface area contributed by atoms with Crippen LogP contribution in [0.1, 0.15) is 29.8 Å². The van der Waals surface area contributed by atoms with Crippen LogP contribution in [0.3, 0.4) is 0 Å². The highest BCUT2D eigenvalue weighted by atomic mass is 16.5. The molecule has 0 saturated carbocycles. The lowest BCUT2D eigenvalue weighted by Crippen LogP contribution is -2.42. The number of aromatic amines is 1. The average molecular weight is 449 g/mol. The second kappa shape index (κ2) is 10.4. The van der Waals surface area contributed by atoms with Crippen LogP contribution in [-0.2, 0) is 4.79 Å². The van der Waals surface area contributed by atoms with Gasteiger partial charge in [0, 0.05) is 41.3 Å². The van der Waals surface area contributed by atoms with E-state index >= 15 is 0 Å². The highest BCUT2D eigenvalue weighted by molar-refractivity contribution is 6.06. The molecule has 174 valence electrons. The predicted molar refractivity (Wildman–Crippen MR) is 132 cm³/mol. The van der Waals surface area contributed by atoms with Crippen molar-refractivity contribution in [3.8, 4) is 5.75 Å². The minimum atomic E-state index is -0.345. The first-order valence-corrected chi connectivity index (χ1v) is 10.8. The van der Waals surface area contributed by atoms with Gasteiger partial charge in [-0.2, -0.15) is 0 Å². The molecule has 33 heavy (non-hydrogen) atoms. The Balaban J connectivity index is 1.91. The molecular weight excluding hydrogens is 416 g/mol. The number of nitrogens with one attached hydrogen (secondary N) is 3. The molecule has 0 atom stereocenters. The topological polar surface area (TPSA) is 86.5 Å². The fraction of sp³-hybridized carbons (Fsp3) is 0.308. The average Bonchev–Trinajstić information content (AvgIpc) is 3.18. The molecule has 0 spiro atoms. The summed E-state index contributed by atoms with van der Waals surface area (Å²) < 4.78 is 5.34. The number of carbonyl (C=O) groups excluding carboxylic acids is 2. The zero-order valence-corrected chi connectivity index (χ0v) is 19.9. The van der Waals surface area contributed by atoms with Gasteiger partial charge in [0.1, 0.15) is 11.4 Å². The van der Waals surface area contributed by atoms with Crippen LogP contribution in [0.5, 0.6) is 5.75 Å². The molecule has 0 aliphatic heterocycles. The molecule has 0 radical (unpaired) electrons. The molecule has 3 aromatic rings. The molecule has 0 unspecified atom stereocenters. The Morgan fingerprint density at radius 3 is 2.52 bits per heavy atom. The van der Waals surface area contributed by atoms with E-state index in [0.29, 0.717) is 17.9 Å². The first kappa shape index (κ1) is 24.1. The van der Waals surface area contributed by atoms with Gasteiger partial charge in [-0.1, -0.05) is 32.0 Å². The summed E-state index contributed by atoms with van der Waals surface area (Å²) in [6.07, 6.45) is 3.50. The van der Waals surface area contributed by atoms with Gasteiger partial charge >= 0.3 is 0 Å². The molecule has 7 nitrogen and oxygen atoms in total. The number of amides is 2. The predicted octanol–water partition coefficient (Wildman–Crippen LogP) is 3.65. The summed E-state index contributed by atoms with van der Waals surface area (Å²) >= 11 is 0. The van der Waals surface area contributed by atoms with Crippen molar-refractivity contribution in [1.82, 2.24) is 20.5 Å². The van der Waals surface area contributed by atoms with E-state index in [1.807, 2.05) is 44.6 Å². The number of hydrogen-bond acceptors (Lipinski definition) is 4. The van der Waals surface area contributed by atoms with Gasteiger partial charge in [0.25, 0.3) is 11.8 Å². The third-order valence-electron chi connectivity index (χ3n) is 5.22. The Labute approximate surface area is 194 Å². The Kier molecular flexibility index (Phi) is 7.55. The third kappa shape index (κ3) is 6.46. The third-order valence-corrected chi connectivity index (χ3v) is 5.22. The number of carbonyl (C=O) groups is 2. The van der Waals surface area contributed by atoms with Crippen molar-refractivity contribution in [2.45, 2.75) is 13.8 Å². The van der Waals surface area contributed by atoms with E-state index < -0.39 is 0 Å². The summed E-state index contributed by atoms with van der Waals surface area (Å²) in [5.74, 6) is 0.0202. The Morgan fingerprint density at radius 2 is 1.85 bits per heavy atom. The van der Waals surface area contributed by atoms with Crippen molar-refractivity contribution in [3.05, 3.63) is 71.6 Å². The molecule has 3 rings (SSSR count). The van der Waals surface area contributed by atoms with E-state index in [2.05, 4.69) is 34.4 Å². The summed E-state index contributed by atoms with van der Waals surface area (Å²) in [4.78, 5) is 31.3. The zero-order chi connectivity index (χ0) is 24.0. The number of fused-ring (bicyclic) bond motifs is 1. The van der Waals surface area contributed by atoms with Crippen molar-refractivity contribution in [2.75, 3.05) is 34.3 Å². The number of H-pyrrole nitrogens is 1. The molecule has 1 aromatic heterocycles. The fourth-order valence-electron chi connectivity index (χ4n) is 3.79. The Morgan fingerprint density at radius 1 is 1.12 bits per heavy atom. The number of nitrogens with zero attached hydrogens (tertiary/aromatic N) is 1. The Bertz CT molecular complexity index is 1150. The minimum absolute atomic E-state index is 0.137. The number of hydrogen-bond donors (Lipinski definition) is 3. The van der Waals surface area contributed by atoms with Gasteiger partial charge in [0.2, 0.25) is 0 Å². The molecule has 0 saturated heterocycles. The number of rotatable bonds is 9. The van der Waals surface area contributed by atoms with Crippen LogP contribution in [0.4, 0.5) is 0 Å². The van der Waals surface area contributed by atoms with Gasteiger partial charge in [0.05, 0.1) is 7.11 Å². The quantitative estimate of drug-likeness (QED) is 0.436. The van der Waals surface area contributed by atoms with Crippen LogP contribution in [0.25, 0.3) is 17.0 Å². The van der Waals surface area contributed by atoms with E-state index in [1.54, 1.807) is 37.5 Å². The molecule has 0 aliphatic carbocycles. The zero-order valence-electron chi connectivity index (χ0n) is 19.9. The van der Waals surface area contributed by atoms with Gasteiger partial charge in [-0.05, 0) is 55.9 Å². The first-order chi connectivity index (χ1) is 15.7. The van der Waals surface area contributed by atoms with Crippen molar-refractivity contribution in [2.24, 2.45) is 5.41 Å². The van der Waals surface area contributed by atoms with Crippen molar-refractivity contribution < 1.29 is 14.3 Å². The van der Waals surface area contributed by atoms with E-state index in [-0.39, 0.29) is 22.9 Å². The highest BCUT2D eigenvalue weighted by Gasteiger charge is 2.22. The lowest BCUT2D eigenvalue weighted by molar-refractivity contribution is -0.118. The maximum Gasteiger partial charge on any atom is 0.267 e. The molecule has 0 bridgehead atoms. The summed E-state index contributed by atoms with van der Waals surface area (Å²) in [7, 11) is 5.61. The van der Waals surface area contributed by atoms with E-state index in [9.17, 15) is 9.59 Å². The monoisotopic (exact) mass is 448 g/mol. The van der Waals surface area contributed by atoms with Gasteiger partial charge < -0.3 is 25.3 Å². The SMILES string of the molecule is COc1ccc2[nH]cc(/C=C(\NC(=O)c3ccccc3)C(=O)NCC(C)(C)CN(C)C)c2c1. The first-order valence-electron chi connectivity index (χ1n) is 10.8. The van der Waals surface area contributed by atoms with Crippen LogP contribution in [-0.4, -0.2) is 56.0 Å². The van der Waals surface area contributed by atoms with E-state index in [4.69, 9.17) is 4.74 Å². The smallest absolute Gasteiger partial charge is 0.267 e. The van der Waals surface area contributed by atoms with Crippen molar-refractivity contribution in [1.29, 1.82) is 0 Å². The molecule has 0 fully saturated rings. The van der Waals surface area contributed by atoms with Crippen LogP contribution in [0.15, 0.2) is 60.4 Å². The van der Waals surface area contributed by atoms with Crippen LogP contribution in [0, 0.1) is 5.41 Å². The van der Waals surface area contributed by atoms with E-state index in [0.717, 1.165) is 23.0 Å². The fourth-order valence-corrected chi connectivity index (χ4v) is 3.79. The number of methoxy groups -OCH3 is 1. The summed E-state index contributed by atoms with van der Waals surface area (Å²) in [5.41, 5.74) is 2.19. The number of aromatic nitrogens is 1. The molecule has 1 heterocycles. The van der Waals surface area contributed by atoms with E-state index in [1.165, 1.54) is 0 Å². The van der Waals surface area contributed by atoms with Crippen molar-refractivity contribution >= 4 is 28.8 Å². The largest absolute Gasteiger partial charge is 0.497 e. The van der Waals surface area contributed by atoms with Crippen LogP contribution in [0.2, 0.25) is 0 Å². The second-order valence-electron chi connectivity index (χ2n) is 9.12. The van der Waals surface area contributed by atoms with Gasteiger partial charge in [-0.3, -0.25) is 9.59 Å². The standard InChI is InChI=1S/C26H32N4O3/c1-26(2,17-30(3)4)16-28-25(32)23(29-24(31)18-9-7-6-8-10-18)13-19-15-27-22-12-11-20(33-5)14-21(19)22/h6-15,27H,16-17H2,1-5H3,(H,28,32)(H,29,31)/b23-13-. The summed E-state index contributed by atoms with van der Waals surface area (Å²) in [6, 6.07) is 14.5. The molecule has 2 aromatic carbocycles. The lowest BCUT2D eigenvalue weighted by atomic mass is 9.93. The maximum atomic E-state index is 13.2. The molecule has 3 N–H and O–H groups in total. The number of benzene rings is 2. The van der Waals surface area contributed by atoms with Gasteiger partial charge in [0.15, 0.2) is 0 Å². The molecular formula is C26H32N4O3. The lowest BCUT2D eigenvalue weighted by Gasteiger charge is -2.28. The summed E-state index contributed by atoms with van der Waals surface area (Å²) in [5, 5.41) is 6.67. The second-order valence-corrected chi connectivity index (χ2v) is 9.12. The normalized spacial score (nSPS) is 12.1. The minimum Gasteiger partial charge on any atom is -0.497 e. The molecule has 0 aliphatic rings. The maximum absolute atomic E-state index is 13.2. The van der Waals surface area contributed by atoms with Gasteiger partial charge in [-0.15, -0.1) is 0 Å². The summed E-state index contributed by atoms with van der Waals surface area (Å²) in [6.45, 7) is 5.45. The van der Waals surface area contributed by atoms with Gasteiger partial charge in [-0.25, -0.2) is 0 Å². The Hall–Kier alpha value is -3.58. The molecule has 2 amide bonds. The van der Waals surface area contributed by atoms with Crippen LogP contribution >= 0.6 is 0 Å². The molecule has 7 heteroatoms. The van der Waals surface area contributed by atoms with Crippen molar-refractivity contribution in [3.63, 3.8) is 0 Å². The van der Waals surface area contributed by atoms with Crippen LogP contribution < -0.4 is 15.4 Å².